The molecule has 0 bridgehead atoms. The van der Waals surface area contributed by atoms with E-state index in [0.717, 1.165) is 10.6 Å². The lowest BCUT2D eigenvalue weighted by atomic mass is 10.3. The molecule has 9 nitrogen and oxygen atoms in total. The Morgan fingerprint density at radius 3 is 2.71 bits per heavy atom. The van der Waals surface area contributed by atoms with Gasteiger partial charge in [-0.3, -0.25) is 4.79 Å². The summed E-state index contributed by atoms with van der Waals surface area (Å²) in [6.45, 7) is 0. The molecule has 1 aromatic carbocycles. The minimum atomic E-state index is -0.403. The molecule has 0 aliphatic carbocycles. The fraction of sp³-hybridized carbons (Fsp3) is 0.111. The number of nitrogens with zero attached hydrogens (tertiary/aromatic N) is 7. The number of ether oxygens (including phenoxy) is 1. The van der Waals surface area contributed by atoms with Crippen LogP contribution in [-0.2, 0) is 16.0 Å². The van der Waals surface area contributed by atoms with Gasteiger partial charge in [0.15, 0.2) is 17.0 Å². The molecule has 0 spiro atoms. The molecule has 5 rings (SSSR count). The van der Waals surface area contributed by atoms with Crippen LogP contribution in [0.3, 0.4) is 0 Å². The number of aromatic nitrogens is 7. The molecule has 0 fully saturated rings. The first-order chi connectivity index (χ1) is 13.7. The van der Waals surface area contributed by atoms with Gasteiger partial charge in [-0.05, 0) is 23.6 Å². The molecule has 0 radical (unpaired) electrons. The highest BCUT2D eigenvalue weighted by atomic mass is 32.1. The van der Waals surface area contributed by atoms with E-state index in [9.17, 15) is 4.79 Å². The third-order valence-electron chi connectivity index (χ3n) is 4.22. The summed E-state index contributed by atoms with van der Waals surface area (Å²) in [4.78, 5) is 17.3. The second-order valence-electron chi connectivity index (χ2n) is 5.94. The summed E-state index contributed by atoms with van der Waals surface area (Å²) >= 11 is 1.54. The predicted octanol–water partition coefficient (Wildman–Crippen LogP) is 2.30. The summed E-state index contributed by atoms with van der Waals surface area (Å²) in [6.07, 6.45) is -0.0144. The van der Waals surface area contributed by atoms with Gasteiger partial charge < -0.3 is 4.74 Å². The number of benzene rings is 1. The van der Waals surface area contributed by atoms with Crippen molar-refractivity contribution < 1.29 is 9.53 Å². The molecule has 0 atom stereocenters. The summed E-state index contributed by atoms with van der Waals surface area (Å²) in [5.74, 6) is 0.518. The van der Waals surface area contributed by atoms with Crippen LogP contribution in [-0.4, -0.2) is 47.7 Å². The van der Waals surface area contributed by atoms with Crippen LogP contribution in [0.25, 0.3) is 33.3 Å². The van der Waals surface area contributed by atoms with Crippen molar-refractivity contribution in [1.29, 1.82) is 0 Å². The Kier molecular flexibility index (Phi) is 3.83. The van der Waals surface area contributed by atoms with Crippen molar-refractivity contribution in [2.45, 2.75) is 6.42 Å². The van der Waals surface area contributed by atoms with Gasteiger partial charge in [-0.2, -0.15) is 14.6 Å². The fourth-order valence-electron chi connectivity index (χ4n) is 2.93. The van der Waals surface area contributed by atoms with Gasteiger partial charge in [-0.1, -0.05) is 24.3 Å². The Morgan fingerprint density at radius 2 is 1.96 bits per heavy atom. The maximum atomic E-state index is 11.8. The largest absolute Gasteiger partial charge is 0.469 e. The highest BCUT2D eigenvalue weighted by Crippen LogP contribution is 2.25. The molecule has 0 saturated heterocycles. The van der Waals surface area contributed by atoms with Crippen LogP contribution in [0, 0.1) is 0 Å². The van der Waals surface area contributed by atoms with Crippen LogP contribution in [0.5, 0.6) is 0 Å². The van der Waals surface area contributed by atoms with Gasteiger partial charge in [0.05, 0.1) is 24.1 Å². The number of carbonyl (C=O) groups is 1. The average molecular weight is 391 g/mol. The van der Waals surface area contributed by atoms with Gasteiger partial charge in [-0.15, -0.1) is 26.6 Å². The van der Waals surface area contributed by atoms with Crippen molar-refractivity contribution >= 4 is 34.2 Å². The molecule has 0 saturated carbocycles. The minimum absolute atomic E-state index is 0.0144. The Bertz CT molecular complexity index is 1290. The number of rotatable bonds is 4. The summed E-state index contributed by atoms with van der Waals surface area (Å²) in [6, 6.07) is 13.5. The third kappa shape index (κ3) is 2.62. The molecule has 28 heavy (non-hydrogen) atoms. The Balaban J connectivity index is 1.80. The molecular weight excluding hydrogens is 378 g/mol. The molecular formula is C18H13N7O2S. The van der Waals surface area contributed by atoms with Crippen LogP contribution >= 0.6 is 11.3 Å². The summed E-state index contributed by atoms with van der Waals surface area (Å²) < 4.78 is 8.09. The van der Waals surface area contributed by atoms with Crippen molar-refractivity contribution in [2.75, 3.05) is 7.11 Å². The number of fused-ring (bicyclic) bond motifs is 3. The van der Waals surface area contributed by atoms with Crippen molar-refractivity contribution in [3.8, 4) is 16.4 Å². The Labute approximate surface area is 162 Å². The number of thiophene rings is 1. The van der Waals surface area contributed by atoms with Crippen molar-refractivity contribution in [3.05, 3.63) is 53.5 Å². The highest BCUT2D eigenvalue weighted by Gasteiger charge is 2.22. The predicted molar refractivity (Wildman–Crippen MR) is 102 cm³/mol. The molecule has 138 valence electrons. The molecule has 10 heteroatoms. The normalized spacial score (nSPS) is 11.3. The van der Waals surface area contributed by atoms with Crippen LogP contribution in [0.4, 0.5) is 0 Å². The number of para-hydroxylation sites is 1. The van der Waals surface area contributed by atoms with Gasteiger partial charge in [-0.25, -0.2) is 4.68 Å². The molecule has 0 amide bonds. The van der Waals surface area contributed by atoms with E-state index >= 15 is 0 Å². The Morgan fingerprint density at radius 1 is 1.11 bits per heavy atom. The zero-order valence-electron chi connectivity index (χ0n) is 14.7. The van der Waals surface area contributed by atoms with E-state index in [1.54, 1.807) is 20.5 Å². The van der Waals surface area contributed by atoms with E-state index in [2.05, 4.69) is 25.4 Å². The van der Waals surface area contributed by atoms with Crippen molar-refractivity contribution in [1.82, 2.24) is 34.6 Å². The molecule has 5 aromatic rings. The van der Waals surface area contributed by atoms with Crippen LogP contribution in [0.1, 0.15) is 5.69 Å². The van der Waals surface area contributed by atoms with Gasteiger partial charge >= 0.3 is 5.97 Å². The van der Waals surface area contributed by atoms with Gasteiger partial charge in [0, 0.05) is 0 Å². The second kappa shape index (κ2) is 6.50. The first-order valence-corrected chi connectivity index (χ1v) is 9.30. The quantitative estimate of drug-likeness (QED) is 0.433. The number of hydrogen-bond acceptors (Lipinski definition) is 8. The van der Waals surface area contributed by atoms with Crippen LogP contribution in [0.15, 0.2) is 47.8 Å². The zero-order valence-corrected chi connectivity index (χ0v) is 15.5. The van der Waals surface area contributed by atoms with E-state index < -0.39 is 5.97 Å². The van der Waals surface area contributed by atoms with E-state index in [-0.39, 0.29) is 6.42 Å². The van der Waals surface area contributed by atoms with Gasteiger partial charge in [0.2, 0.25) is 0 Å². The number of methoxy groups -OCH3 is 1. The smallest absolute Gasteiger partial charge is 0.311 e. The van der Waals surface area contributed by atoms with Crippen LogP contribution in [0.2, 0.25) is 0 Å². The highest BCUT2D eigenvalue weighted by molar-refractivity contribution is 7.13. The maximum Gasteiger partial charge on any atom is 0.311 e. The lowest BCUT2D eigenvalue weighted by Crippen LogP contribution is -2.06. The standard InChI is InChI=1S/C18H13N7O2S/c1-27-14(26)10-12-15-17(24(22-12)11-6-3-2-4-7-11)25-18(21-20-15)19-16(23-25)13-8-5-9-28-13/h2-9H,10H2,1H3. The zero-order chi connectivity index (χ0) is 19.1. The fourth-order valence-corrected chi connectivity index (χ4v) is 3.58. The molecule has 0 aliphatic heterocycles. The third-order valence-corrected chi connectivity index (χ3v) is 5.08. The molecule has 0 aliphatic rings. The van der Waals surface area contributed by atoms with E-state index in [1.807, 2.05) is 47.8 Å². The van der Waals surface area contributed by atoms with Crippen molar-refractivity contribution in [2.24, 2.45) is 0 Å². The monoisotopic (exact) mass is 391 g/mol. The number of carbonyl (C=O) groups excluding carboxylic acids is 1. The first-order valence-electron chi connectivity index (χ1n) is 8.42. The molecule has 4 heterocycles. The lowest BCUT2D eigenvalue weighted by molar-refractivity contribution is -0.139. The molecule has 0 unspecified atom stereocenters. The summed E-state index contributed by atoms with van der Waals surface area (Å²) in [5.41, 5.74) is 2.34. The summed E-state index contributed by atoms with van der Waals surface area (Å²) in [5, 5.41) is 19.6. The average Bonchev–Trinajstić information content (AvgIpc) is 3.46. The topological polar surface area (TPSA) is 100 Å². The number of esters is 1. The van der Waals surface area contributed by atoms with E-state index in [4.69, 9.17) is 4.74 Å². The van der Waals surface area contributed by atoms with E-state index in [0.29, 0.717) is 28.5 Å². The van der Waals surface area contributed by atoms with E-state index in [1.165, 1.54) is 7.11 Å². The number of hydrogen-bond donors (Lipinski definition) is 0. The maximum absolute atomic E-state index is 11.8. The van der Waals surface area contributed by atoms with Crippen molar-refractivity contribution in [3.63, 3.8) is 0 Å². The molecule has 4 aromatic heterocycles. The molecule has 0 N–H and O–H groups in total. The van der Waals surface area contributed by atoms with Gasteiger partial charge in [0.1, 0.15) is 5.69 Å². The Hall–Kier alpha value is -3.66. The summed E-state index contributed by atoms with van der Waals surface area (Å²) in [7, 11) is 1.34. The SMILES string of the molecule is COC(=O)Cc1nn(-c2ccccc2)c2c1nnc1nc(-c3cccs3)nn12. The first kappa shape index (κ1) is 16.5. The van der Waals surface area contributed by atoms with Gasteiger partial charge in [0.25, 0.3) is 5.78 Å². The second-order valence-corrected chi connectivity index (χ2v) is 6.89. The lowest BCUT2D eigenvalue weighted by Gasteiger charge is -2.02. The van der Waals surface area contributed by atoms with Crippen LogP contribution < -0.4 is 0 Å². The minimum Gasteiger partial charge on any atom is -0.469 e.